The number of hydrogen-bond acceptors (Lipinski definition) is 4. The van der Waals surface area contributed by atoms with Crippen molar-refractivity contribution < 1.29 is 14.3 Å². The van der Waals surface area contributed by atoms with Crippen molar-refractivity contribution in [2.75, 3.05) is 57.9 Å². The van der Waals surface area contributed by atoms with Gasteiger partial charge in [0.2, 0.25) is 0 Å². The fourth-order valence-electron chi connectivity index (χ4n) is 2.74. The molecule has 1 fully saturated rings. The molecule has 0 unspecified atom stereocenters. The normalized spacial score (nSPS) is 15.2. The average molecular weight is 364 g/mol. The summed E-state index contributed by atoms with van der Waals surface area (Å²) in [6.07, 6.45) is 1.84. The van der Waals surface area contributed by atoms with Crippen LogP contribution in [0, 0.1) is 5.92 Å². The van der Waals surface area contributed by atoms with Crippen molar-refractivity contribution in [2.45, 2.75) is 26.7 Å². The number of carbonyl (C=O) groups is 1. The summed E-state index contributed by atoms with van der Waals surface area (Å²) in [6, 6.07) is 7.90. The Morgan fingerprint density at radius 3 is 2.65 bits per heavy atom. The van der Waals surface area contributed by atoms with Gasteiger partial charge in [0.25, 0.3) is 0 Å². The molecule has 1 aliphatic heterocycles. The first kappa shape index (κ1) is 20.7. The zero-order valence-electron chi connectivity index (χ0n) is 16.1. The van der Waals surface area contributed by atoms with Gasteiger partial charge in [0.15, 0.2) is 0 Å². The lowest BCUT2D eigenvalue weighted by Gasteiger charge is -2.26. The number of amides is 2. The van der Waals surface area contributed by atoms with Gasteiger partial charge in [0, 0.05) is 45.1 Å². The van der Waals surface area contributed by atoms with E-state index in [1.54, 1.807) is 0 Å². The van der Waals surface area contributed by atoms with Crippen LogP contribution in [0.4, 0.5) is 10.5 Å². The monoisotopic (exact) mass is 363 g/mol. The fraction of sp³-hybridized carbons (Fsp3) is 0.650. The summed E-state index contributed by atoms with van der Waals surface area (Å²) >= 11 is 0. The second-order valence-corrected chi connectivity index (χ2v) is 7.10. The van der Waals surface area contributed by atoms with Crippen LogP contribution in [0.2, 0.25) is 0 Å². The van der Waals surface area contributed by atoms with Crippen LogP contribution in [0.25, 0.3) is 0 Å². The Hall–Kier alpha value is -1.63. The van der Waals surface area contributed by atoms with Crippen molar-refractivity contribution >= 4 is 11.7 Å². The van der Waals surface area contributed by atoms with Gasteiger partial charge in [-0.3, -0.25) is 4.90 Å². The number of hydrogen-bond donors (Lipinski definition) is 2. The minimum Gasteiger partial charge on any atom is -0.381 e. The number of rotatable bonds is 10. The molecule has 2 amide bonds. The number of benzene rings is 1. The Bertz CT molecular complexity index is 514. The van der Waals surface area contributed by atoms with Crippen molar-refractivity contribution in [1.29, 1.82) is 0 Å². The van der Waals surface area contributed by atoms with Gasteiger partial charge in [0.1, 0.15) is 0 Å². The SMILES string of the molecule is CC(C)COCCCNC(=O)Nc1ccc(CCN2CCOCC2)cc1. The molecule has 0 radical (unpaired) electrons. The Morgan fingerprint density at radius 1 is 1.23 bits per heavy atom. The number of anilines is 1. The van der Waals surface area contributed by atoms with E-state index >= 15 is 0 Å². The second-order valence-electron chi connectivity index (χ2n) is 7.10. The van der Waals surface area contributed by atoms with E-state index in [2.05, 4.69) is 41.5 Å². The Balaban J connectivity index is 1.59. The zero-order valence-corrected chi connectivity index (χ0v) is 16.1. The van der Waals surface area contributed by atoms with Gasteiger partial charge in [-0.1, -0.05) is 26.0 Å². The highest BCUT2D eigenvalue weighted by molar-refractivity contribution is 5.89. The van der Waals surface area contributed by atoms with Crippen molar-refractivity contribution in [2.24, 2.45) is 5.92 Å². The summed E-state index contributed by atoms with van der Waals surface area (Å²) in [4.78, 5) is 14.3. The highest BCUT2D eigenvalue weighted by atomic mass is 16.5. The molecule has 1 aliphatic rings. The zero-order chi connectivity index (χ0) is 18.6. The number of urea groups is 1. The van der Waals surface area contributed by atoms with Gasteiger partial charge >= 0.3 is 6.03 Å². The van der Waals surface area contributed by atoms with Crippen LogP contribution in [0.1, 0.15) is 25.8 Å². The van der Waals surface area contributed by atoms with Crippen LogP contribution >= 0.6 is 0 Å². The fourth-order valence-corrected chi connectivity index (χ4v) is 2.74. The molecule has 1 aromatic carbocycles. The van der Waals surface area contributed by atoms with Gasteiger partial charge in [-0.2, -0.15) is 0 Å². The maximum Gasteiger partial charge on any atom is 0.319 e. The lowest BCUT2D eigenvalue weighted by Crippen LogP contribution is -2.37. The molecule has 6 nitrogen and oxygen atoms in total. The molecule has 0 aliphatic carbocycles. The van der Waals surface area contributed by atoms with Crippen LogP contribution in [-0.2, 0) is 15.9 Å². The molecule has 1 aromatic rings. The van der Waals surface area contributed by atoms with Crippen molar-refractivity contribution in [3.05, 3.63) is 29.8 Å². The first-order chi connectivity index (χ1) is 12.6. The van der Waals surface area contributed by atoms with Gasteiger partial charge < -0.3 is 20.1 Å². The molecule has 2 N–H and O–H groups in total. The second kappa shape index (κ2) is 11.9. The molecule has 1 heterocycles. The lowest BCUT2D eigenvalue weighted by atomic mass is 10.1. The molecule has 6 heteroatoms. The third-order valence-electron chi connectivity index (χ3n) is 4.23. The van der Waals surface area contributed by atoms with E-state index in [0.29, 0.717) is 19.1 Å². The highest BCUT2D eigenvalue weighted by Gasteiger charge is 2.09. The van der Waals surface area contributed by atoms with Crippen LogP contribution in [-0.4, -0.2) is 63.5 Å². The standard InChI is InChI=1S/C20H33N3O3/c1-17(2)16-26-13-3-9-21-20(24)22-19-6-4-18(5-7-19)8-10-23-11-14-25-15-12-23/h4-7,17H,3,8-16H2,1-2H3,(H2,21,22,24). The van der Waals surface area contributed by atoms with Crippen molar-refractivity contribution in [3.63, 3.8) is 0 Å². The smallest absolute Gasteiger partial charge is 0.319 e. The van der Waals surface area contributed by atoms with E-state index in [1.807, 2.05) is 12.1 Å². The third kappa shape index (κ3) is 8.65. The van der Waals surface area contributed by atoms with Gasteiger partial charge in [0.05, 0.1) is 13.2 Å². The summed E-state index contributed by atoms with van der Waals surface area (Å²) < 4.78 is 10.9. The van der Waals surface area contributed by atoms with E-state index in [-0.39, 0.29) is 6.03 Å². The van der Waals surface area contributed by atoms with Gasteiger partial charge in [-0.15, -0.1) is 0 Å². The predicted octanol–water partition coefficient (Wildman–Crippen LogP) is 2.75. The minimum absolute atomic E-state index is 0.171. The molecule has 146 valence electrons. The summed E-state index contributed by atoms with van der Waals surface area (Å²) in [6.45, 7) is 11.1. The van der Waals surface area contributed by atoms with Crippen molar-refractivity contribution in [1.82, 2.24) is 10.2 Å². The number of ether oxygens (including phenoxy) is 2. The molecule has 0 saturated carbocycles. The Labute approximate surface area is 157 Å². The molecular weight excluding hydrogens is 330 g/mol. The van der Waals surface area contributed by atoms with E-state index < -0.39 is 0 Å². The number of nitrogens with one attached hydrogen (secondary N) is 2. The number of carbonyl (C=O) groups excluding carboxylic acids is 1. The Morgan fingerprint density at radius 2 is 1.96 bits per heavy atom. The first-order valence-corrected chi connectivity index (χ1v) is 9.65. The molecule has 0 bridgehead atoms. The van der Waals surface area contributed by atoms with Crippen LogP contribution in [0.5, 0.6) is 0 Å². The predicted molar refractivity (Wildman–Crippen MR) is 105 cm³/mol. The maximum atomic E-state index is 11.9. The molecule has 2 rings (SSSR count). The van der Waals surface area contributed by atoms with E-state index in [1.165, 1.54) is 5.56 Å². The van der Waals surface area contributed by atoms with E-state index in [9.17, 15) is 4.79 Å². The Kier molecular flexibility index (Phi) is 9.45. The molecule has 26 heavy (non-hydrogen) atoms. The van der Waals surface area contributed by atoms with E-state index in [0.717, 1.165) is 58.0 Å². The van der Waals surface area contributed by atoms with Crippen LogP contribution in [0.3, 0.4) is 0 Å². The lowest BCUT2D eigenvalue weighted by molar-refractivity contribution is 0.0384. The quantitative estimate of drug-likeness (QED) is 0.628. The minimum atomic E-state index is -0.171. The van der Waals surface area contributed by atoms with Crippen LogP contribution < -0.4 is 10.6 Å². The summed E-state index contributed by atoms with van der Waals surface area (Å²) in [5.74, 6) is 0.545. The van der Waals surface area contributed by atoms with Gasteiger partial charge in [-0.25, -0.2) is 4.79 Å². The number of morpholine rings is 1. The third-order valence-corrected chi connectivity index (χ3v) is 4.23. The molecule has 0 atom stereocenters. The average Bonchev–Trinajstić information content (AvgIpc) is 2.64. The molecule has 1 saturated heterocycles. The summed E-state index contributed by atoms with van der Waals surface area (Å²) in [5, 5.41) is 5.72. The molecule has 0 aromatic heterocycles. The summed E-state index contributed by atoms with van der Waals surface area (Å²) in [7, 11) is 0. The van der Waals surface area contributed by atoms with Gasteiger partial charge in [-0.05, 0) is 36.5 Å². The first-order valence-electron chi connectivity index (χ1n) is 9.65. The molecular formula is C20H33N3O3. The van der Waals surface area contributed by atoms with Crippen LogP contribution in [0.15, 0.2) is 24.3 Å². The maximum absolute atomic E-state index is 11.9. The van der Waals surface area contributed by atoms with Crippen molar-refractivity contribution in [3.8, 4) is 0 Å². The number of nitrogens with zero attached hydrogens (tertiary/aromatic N) is 1. The highest BCUT2D eigenvalue weighted by Crippen LogP contribution is 2.11. The largest absolute Gasteiger partial charge is 0.381 e. The molecule has 0 spiro atoms. The topological polar surface area (TPSA) is 62.8 Å². The van der Waals surface area contributed by atoms with E-state index in [4.69, 9.17) is 9.47 Å². The summed E-state index contributed by atoms with van der Waals surface area (Å²) in [5.41, 5.74) is 2.10.